The van der Waals surface area contributed by atoms with E-state index in [9.17, 15) is 24.5 Å². The Morgan fingerprint density at radius 2 is 1.55 bits per heavy atom. The van der Waals surface area contributed by atoms with Crippen LogP contribution in [0, 0.1) is 33.8 Å². The molecule has 0 radical (unpaired) electrons. The van der Waals surface area contributed by atoms with E-state index in [0.29, 0.717) is 5.69 Å². The monoisotopic (exact) mass is 445 g/mol. The highest BCUT2D eigenvalue weighted by Gasteiger charge is 2.58. The minimum atomic E-state index is -0.714. The van der Waals surface area contributed by atoms with Crippen molar-refractivity contribution in [3.63, 3.8) is 0 Å². The van der Waals surface area contributed by atoms with Gasteiger partial charge < -0.3 is 5.32 Å². The quantitative estimate of drug-likeness (QED) is 0.314. The van der Waals surface area contributed by atoms with E-state index in [-0.39, 0.29) is 53.5 Å². The number of non-ortho nitro benzene ring substituents is 1. The molecule has 1 N–H and O–H groups in total. The van der Waals surface area contributed by atoms with Gasteiger partial charge in [0.1, 0.15) is 0 Å². The summed E-state index contributed by atoms with van der Waals surface area (Å²) >= 11 is 0. The van der Waals surface area contributed by atoms with Crippen LogP contribution in [0.25, 0.3) is 0 Å². The molecule has 0 spiro atoms. The predicted octanol–water partition coefficient (Wildman–Crippen LogP) is 3.86. The Bertz CT molecular complexity index is 1110. The largest absolute Gasteiger partial charge is 0.326 e. The number of amides is 3. The van der Waals surface area contributed by atoms with Gasteiger partial charge in [0.25, 0.3) is 5.69 Å². The molecule has 168 valence electrons. The number of nitrogens with one attached hydrogen (secondary N) is 1. The van der Waals surface area contributed by atoms with Gasteiger partial charge in [0, 0.05) is 17.8 Å². The van der Waals surface area contributed by atoms with Crippen LogP contribution in [-0.2, 0) is 14.4 Å². The number of nitro groups is 1. The molecule has 4 aliphatic rings. The topological polar surface area (TPSA) is 110 Å². The summed E-state index contributed by atoms with van der Waals surface area (Å²) in [7, 11) is 0. The van der Waals surface area contributed by atoms with Gasteiger partial charge in [-0.05, 0) is 42.4 Å². The van der Waals surface area contributed by atoms with Gasteiger partial charge in [-0.15, -0.1) is 0 Å². The Balaban J connectivity index is 1.40. The third kappa shape index (κ3) is 3.71. The molecule has 3 aliphatic carbocycles. The molecule has 3 amide bonds. The summed E-state index contributed by atoms with van der Waals surface area (Å²) < 4.78 is 0. The SMILES string of the molecule is O=C(CC(c1ccccc1)N1C(=O)C2C3C=CC(CC3)C2C1=O)Nc1ccc([N+](=O)[O-])cc1. The highest BCUT2D eigenvalue weighted by Crippen LogP contribution is 2.51. The summed E-state index contributed by atoms with van der Waals surface area (Å²) in [6, 6.07) is 13.9. The first-order valence-electron chi connectivity index (χ1n) is 11.1. The van der Waals surface area contributed by atoms with E-state index in [4.69, 9.17) is 0 Å². The van der Waals surface area contributed by atoms with Crippen LogP contribution in [0.1, 0.15) is 30.9 Å². The number of hydrogen-bond donors (Lipinski definition) is 1. The van der Waals surface area contributed by atoms with Crippen LogP contribution in [0.15, 0.2) is 66.7 Å². The summed E-state index contributed by atoms with van der Waals surface area (Å²) in [6.07, 6.45) is 5.87. The molecule has 6 rings (SSSR count). The van der Waals surface area contributed by atoms with E-state index in [1.165, 1.54) is 29.2 Å². The van der Waals surface area contributed by atoms with E-state index in [1.807, 2.05) is 30.3 Å². The molecule has 2 bridgehead atoms. The standard InChI is InChI=1S/C25H23N3O5/c29-21(26-18-10-12-19(13-11-18)28(32)33)14-20(15-4-2-1-3-5-15)27-24(30)22-16-6-7-17(9-8-16)23(22)25(27)31/h1-7,10-13,16-17,20,22-23H,8-9,14H2,(H,26,29). The number of carbonyl (C=O) groups excluding carboxylic acids is 3. The molecule has 1 heterocycles. The van der Waals surface area contributed by atoms with Gasteiger partial charge in [-0.1, -0.05) is 42.5 Å². The Morgan fingerprint density at radius 1 is 0.970 bits per heavy atom. The first-order valence-corrected chi connectivity index (χ1v) is 11.1. The summed E-state index contributed by atoms with van der Waals surface area (Å²) in [5.41, 5.74) is 1.05. The first kappa shape index (κ1) is 21.1. The van der Waals surface area contributed by atoms with E-state index in [2.05, 4.69) is 17.5 Å². The average Bonchev–Trinajstić information content (AvgIpc) is 3.11. The van der Waals surface area contributed by atoms with Crippen LogP contribution in [0.2, 0.25) is 0 Å². The second kappa shape index (κ2) is 8.27. The molecule has 8 nitrogen and oxygen atoms in total. The van der Waals surface area contributed by atoms with Crippen LogP contribution in [0.5, 0.6) is 0 Å². The molecular formula is C25H23N3O5. The van der Waals surface area contributed by atoms with Crippen LogP contribution in [-0.4, -0.2) is 27.5 Å². The zero-order chi connectivity index (χ0) is 23.1. The lowest BCUT2D eigenvalue weighted by Gasteiger charge is -2.38. The predicted molar refractivity (Wildman–Crippen MR) is 120 cm³/mol. The second-order valence-corrected chi connectivity index (χ2v) is 8.87. The summed E-state index contributed by atoms with van der Waals surface area (Å²) in [5.74, 6) is -1.30. The number of imide groups is 1. The fourth-order valence-corrected chi connectivity index (χ4v) is 5.49. The number of nitrogens with zero attached hydrogens (tertiary/aromatic N) is 2. The third-order valence-corrected chi connectivity index (χ3v) is 7.03. The van der Waals surface area contributed by atoms with Gasteiger partial charge in [-0.25, -0.2) is 0 Å². The molecule has 2 fully saturated rings. The van der Waals surface area contributed by atoms with Crippen molar-refractivity contribution in [2.75, 3.05) is 5.32 Å². The summed E-state index contributed by atoms with van der Waals surface area (Å²) in [5, 5.41) is 13.6. The lowest BCUT2D eigenvalue weighted by atomic mass is 9.63. The lowest BCUT2D eigenvalue weighted by Crippen LogP contribution is -2.38. The highest BCUT2D eigenvalue weighted by molar-refractivity contribution is 6.07. The van der Waals surface area contributed by atoms with Crippen molar-refractivity contribution in [1.29, 1.82) is 0 Å². The molecule has 5 atom stereocenters. The number of rotatable bonds is 6. The lowest BCUT2D eigenvalue weighted by molar-refractivity contribution is -0.384. The van der Waals surface area contributed by atoms with E-state index in [0.717, 1.165) is 18.4 Å². The molecule has 1 saturated heterocycles. The van der Waals surface area contributed by atoms with Crippen molar-refractivity contribution in [2.45, 2.75) is 25.3 Å². The smallest absolute Gasteiger partial charge is 0.269 e. The van der Waals surface area contributed by atoms with Gasteiger partial charge in [-0.2, -0.15) is 0 Å². The maximum Gasteiger partial charge on any atom is 0.269 e. The number of nitro benzene ring substituents is 1. The maximum absolute atomic E-state index is 13.5. The van der Waals surface area contributed by atoms with E-state index >= 15 is 0 Å². The van der Waals surface area contributed by atoms with Crippen LogP contribution in [0.3, 0.4) is 0 Å². The van der Waals surface area contributed by atoms with Crippen LogP contribution in [0.4, 0.5) is 11.4 Å². The number of hydrogen-bond acceptors (Lipinski definition) is 5. The minimum Gasteiger partial charge on any atom is -0.326 e. The first-order chi connectivity index (χ1) is 15.9. The molecular weight excluding hydrogens is 422 g/mol. The normalized spacial score (nSPS) is 26.2. The number of benzene rings is 2. The Morgan fingerprint density at radius 3 is 2.06 bits per heavy atom. The van der Waals surface area contributed by atoms with Gasteiger partial charge in [0.15, 0.2) is 0 Å². The molecule has 5 unspecified atom stereocenters. The van der Waals surface area contributed by atoms with Gasteiger partial charge in [0.2, 0.25) is 17.7 Å². The van der Waals surface area contributed by atoms with Crippen LogP contribution < -0.4 is 5.32 Å². The Kier molecular flexibility index (Phi) is 5.28. The van der Waals surface area contributed by atoms with E-state index in [1.54, 1.807) is 0 Å². The van der Waals surface area contributed by atoms with Gasteiger partial charge in [0.05, 0.1) is 29.2 Å². The van der Waals surface area contributed by atoms with Crippen molar-refractivity contribution in [1.82, 2.24) is 4.90 Å². The van der Waals surface area contributed by atoms with Gasteiger partial charge in [-0.3, -0.25) is 29.4 Å². The number of carbonyl (C=O) groups is 3. The van der Waals surface area contributed by atoms with Crippen molar-refractivity contribution < 1.29 is 19.3 Å². The van der Waals surface area contributed by atoms with Crippen molar-refractivity contribution >= 4 is 29.1 Å². The highest BCUT2D eigenvalue weighted by atomic mass is 16.6. The molecule has 2 aromatic carbocycles. The molecule has 1 aliphatic heterocycles. The zero-order valence-electron chi connectivity index (χ0n) is 17.8. The average molecular weight is 445 g/mol. The third-order valence-electron chi connectivity index (χ3n) is 7.03. The number of anilines is 1. The molecule has 33 heavy (non-hydrogen) atoms. The number of allylic oxidation sites excluding steroid dienone is 2. The summed E-state index contributed by atoms with van der Waals surface area (Å²) in [4.78, 5) is 51.5. The zero-order valence-corrected chi connectivity index (χ0v) is 17.8. The fraction of sp³-hybridized carbons (Fsp3) is 0.320. The van der Waals surface area contributed by atoms with Gasteiger partial charge >= 0.3 is 0 Å². The number of likely N-dealkylation sites (tertiary alicyclic amines) is 1. The molecule has 0 aromatic heterocycles. The fourth-order valence-electron chi connectivity index (χ4n) is 5.49. The minimum absolute atomic E-state index is 0.0748. The van der Waals surface area contributed by atoms with Crippen molar-refractivity contribution in [3.05, 3.63) is 82.4 Å². The molecule has 1 saturated carbocycles. The van der Waals surface area contributed by atoms with E-state index < -0.39 is 11.0 Å². The maximum atomic E-state index is 13.5. The second-order valence-electron chi connectivity index (χ2n) is 8.87. The Hall–Kier alpha value is -3.81. The Labute approximate surface area is 190 Å². The van der Waals surface area contributed by atoms with Crippen LogP contribution >= 0.6 is 0 Å². The molecule has 8 heteroatoms. The number of fused-ring (bicyclic) bond motifs is 1. The summed E-state index contributed by atoms with van der Waals surface area (Å²) in [6.45, 7) is 0. The van der Waals surface area contributed by atoms with Crippen molar-refractivity contribution in [3.8, 4) is 0 Å². The van der Waals surface area contributed by atoms with Crippen molar-refractivity contribution in [2.24, 2.45) is 23.7 Å². The molecule has 2 aromatic rings.